The molecule has 0 radical (unpaired) electrons. The van der Waals surface area contributed by atoms with Crippen molar-refractivity contribution in [3.8, 4) is 6.07 Å². The van der Waals surface area contributed by atoms with Gasteiger partial charge in [-0.3, -0.25) is 0 Å². The van der Waals surface area contributed by atoms with Crippen LogP contribution in [0.25, 0.3) is 0 Å². The van der Waals surface area contributed by atoms with Crippen molar-refractivity contribution < 1.29 is 4.74 Å². The number of nitrogen functional groups attached to an aromatic ring is 1. The lowest BCUT2D eigenvalue weighted by atomic mass is 10.2. The number of hydrogen-bond acceptors (Lipinski definition) is 4. The van der Waals surface area contributed by atoms with E-state index >= 15 is 0 Å². The van der Waals surface area contributed by atoms with Crippen molar-refractivity contribution in [2.45, 2.75) is 19.4 Å². The number of nitrogens with two attached hydrogens (primary N) is 1. The van der Waals surface area contributed by atoms with E-state index in [-0.39, 0.29) is 6.04 Å². The normalized spacial score (nSPS) is 21.0. The molecule has 1 aromatic heterocycles. The molecular formula is C9H12N4O. The first kappa shape index (κ1) is 9.03. The molecule has 0 saturated carbocycles. The molecule has 0 bridgehead atoms. The lowest BCUT2D eigenvalue weighted by molar-refractivity contribution is 0.185. The molecule has 1 aliphatic rings. The minimum atomic E-state index is 0.191. The van der Waals surface area contributed by atoms with E-state index in [2.05, 4.69) is 11.2 Å². The van der Waals surface area contributed by atoms with Crippen molar-refractivity contribution in [1.82, 2.24) is 9.78 Å². The van der Waals surface area contributed by atoms with Crippen LogP contribution >= 0.6 is 0 Å². The molecular weight excluding hydrogens is 180 g/mol. The van der Waals surface area contributed by atoms with Gasteiger partial charge in [0.2, 0.25) is 0 Å². The van der Waals surface area contributed by atoms with Gasteiger partial charge in [0.25, 0.3) is 0 Å². The van der Waals surface area contributed by atoms with Crippen LogP contribution < -0.4 is 5.73 Å². The van der Waals surface area contributed by atoms with Crippen molar-refractivity contribution in [2.75, 3.05) is 18.9 Å². The number of hydrogen-bond donors (Lipinski definition) is 1. The highest BCUT2D eigenvalue weighted by Gasteiger charge is 2.23. The Morgan fingerprint density at radius 3 is 3.00 bits per heavy atom. The number of ether oxygens (including phenoxy) is 1. The standard InChI is InChI=1S/C9H12N4O/c1-6-8(4-10)9(11)13(12-6)7-2-3-14-5-7/h7H,2-3,5,11H2,1H3. The summed E-state index contributed by atoms with van der Waals surface area (Å²) >= 11 is 0. The van der Waals surface area contributed by atoms with E-state index in [0.29, 0.717) is 23.7 Å². The average Bonchev–Trinajstić information content (AvgIpc) is 2.74. The van der Waals surface area contributed by atoms with Gasteiger partial charge in [-0.1, -0.05) is 0 Å². The maximum absolute atomic E-state index is 8.84. The minimum Gasteiger partial charge on any atom is -0.383 e. The maximum Gasteiger partial charge on any atom is 0.140 e. The first-order valence-electron chi connectivity index (χ1n) is 4.56. The Morgan fingerprint density at radius 1 is 1.71 bits per heavy atom. The second kappa shape index (κ2) is 3.31. The van der Waals surface area contributed by atoms with E-state index < -0.39 is 0 Å². The zero-order valence-electron chi connectivity index (χ0n) is 8.03. The Kier molecular flexibility index (Phi) is 2.14. The lowest BCUT2D eigenvalue weighted by Gasteiger charge is -2.09. The number of nitriles is 1. The van der Waals surface area contributed by atoms with E-state index in [1.807, 2.05) is 0 Å². The SMILES string of the molecule is Cc1nn(C2CCOC2)c(N)c1C#N. The van der Waals surface area contributed by atoms with Crippen LogP contribution in [-0.4, -0.2) is 23.0 Å². The van der Waals surface area contributed by atoms with Crippen molar-refractivity contribution in [3.05, 3.63) is 11.3 Å². The molecule has 1 aliphatic heterocycles. The first-order chi connectivity index (χ1) is 6.74. The van der Waals surface area contributed by atoms with Crippen LogP contribution in [-0.2, 0) is 4.74 Å². The summed E-state index contributed by atoms with van der Waals surface area (Å²) in [5.74, 6) is 0.459. The van der Waals surface area contributed by atoms with Crippen LogP contribution in [0, 0.1) is 18.3 Å². The first-order valence-corrected chi connectivity index (χ1v) is 4.56. The van der Waals surface area contributed by atoms with Crippen LogP contribution in [0.2, 0.25) is 0 Å². The monoisotopic (exact) mass is 192 g/mol. The highest BCUT2D eigenvalue weighted by atomic mass is 16.5. The van der Waals surface area contributed by atoms with Crippen LogP contribution in [0.5, 0.6) is 0 Å². The largest absolute Gasteiger partial charge is 0.383 e. The Balaban J connectivity index is 2.39. The number of aryl methyl sites for hydroxylation is 1. The Labute approximate surface area is 82.1 Å². The summed E-state index contributed by atoms with van der Waals surface area (Å²) in [7, 11) is 0. The second-order valence-electron chi connectivity index (χ2n) is 3.42. The summed E-state index contributed by atoms with van der Waals surface area (Å²) in [5.41, 5.74) is 6.99. The molecule has 74 valence electrons. The number of aromatic nitrogens is 2. The van der Waals surface area contributed by atoms with Crippen molar-refractivity contribution in [1.29, 1.82) is 5.26 Å². The van der Waals surface area contributed by atoms with Crippen molar-refractivity contribution in [2.24, 2.45) is 0 Å². The molecule has 14 heavy (non-hydrogen) atoms. The molecule has 2 heterocycles. The van der Waals surface area contributed by atoms with E-state index in [1.165, 1.54) is 0 Å². The number of anilines is 1. The van der Waals surface area contributed by atoms with Gasteiger partial charge in [-0.15, -0.1) is 0 Å². The molecule has 1 atom stereocenters. The molecule has 1 aromatic rings. The maximum atomic E-state index is 8.84. The lowest BCUT2D eigenvalue weighted by Crippen LogP contribution is -2.13. The third-order valence-electron chi connectivity index (χ3n) is 2.49. The zero-order chi connectivity index (χ0) is 10.1. The molecule has 1 saturated heterocycles. The molecule has 5 nitrogen and oxygen atoms in total. The van der Waals surface area contributed by atoms with E-state index in [0.717, 1.165) is 13.0 Å². The second-order valence-corrected chi connectivity index (χ2v) is 3.42. The topological polar surface area (TPSA) is 76.9 Å². The van der Waals surface area contributed by atoms with Gasteiger partial charge in [0.05, 0.1) is 18.3 Å². The molecule has 1 fully saturated rings. The molecule has 2 N–H and O–H groups in total. The molecule has 0 aromatic carbocycles. The summed E-state index contributed by atoms with van der Waals surface area (Å²) < 4.78 is 6.96. The van der Waals surface area contributed by atoms with Crippen LogP contribution in [0.3, 0.4) is 0 Å². The van der Waals surface area contributed by atoms with Gasteiger partial charge >= 0.3 is 0 Å². The molecule has 5 heteroatoms. The molecule has 0 amide bonds. The van der Waals surface area contributed by atoms with E-state index in [4.69, 9.17) is 15.7 Å². The Bertz CT molecular complexity index is 384. The van der Waals surface area contributed by atoms with Gasteiger partial charge in [0.1, 0.15) is 17.5 Å². The molecule has 0 aliphatic carbocycles. The number of nitrogens with zero attached hydrogens (tertiary/aromatic N) is 3. The quantitative estimate of drug-likeness (QED) is 0.707. The fraction of sp³-hybridized carbons (Fsp3) is 0.556. The highest BCUT2D eigenvalue weighted by Crippen LogP contribution is 2.24. The summed E-state index contributed by atoms with van der Waals surface area (Å²) in [6.07, 6.45) is 0.913. The van der Waals surface area contributed by atoms with Crippen molar-refractivity contribution >= 4 is 5.82 Å². The van der Waals surface area contributed by atoms with E-state index in [1.54, 1.807) is 11.6 Å². The molecule has 2 rings (SSSR count). The van der Waals surface area contributed by atoms with Gasteiger partial charge in [0, 0.05) is 6.61 Å². The summed E-state index contributed by atoms with van der Waals surface area (Å²) in [5, 5.41) is 13.1. The third kappa shape index (κ3) is 1.24. The summed E-state index contributed by atoms with van der Waals surface area (Å²) in [6.45, 7) is 3.17. The molecule has 0 spiro atoms. The van der Waals surface area contributed by atoms with Crippen LogP contribution in [0.1, 0.15) is 23.7 Å². The van der Waals surface area contributed by atoms with Gasteiger partial charge in [-0.2, -0.15) is 10.4 Å². The predicted octanol–water partition coefficient (Wildman–Crippen LogP) is 0.607. The van der Waals surface area contributed by atoms with E-state index in [9.17, 15) is 0 Å². The fourth-order valence-corrected chi connectivity index (χ4v) is 1.70. The molecule has 1 unspecified atom stereocenters. The Hall–Kier alpha value is -1.54. The van der Waals surface area contributed by atoms with Gasteiger partial charge in [-0.25, -0.2) is 4.68 Å². The predicted molar refractivity (Wildman–Crippen MR) is 50.6 cm³/mol. The Morgan fingerprint density at radius 2 is 2.50 bits per heavy atom. The fourth-order valence-electron chi connectivity index (χ4n) is 1.70. The minimum absolute atomic E-state index is 0.191. The average molecular weight is 192 g/mol. The third-order valence-corrected chi connectivity index (χ3v) is 2.49. The van der Waals surface area contributed by atoms with Crippen molar-refractivity contribution in [3.63, 3.8) is 0 Å². The highest BCUT2D eigenvalue weighted by molar-refractivity contribution is 5.51. The zero-order valence-corrected chi connectivity index (χ0v) is 8.03. The van der Waals surface area contributed by atoms with Gasteiger partial charge < -0.3 is 10.5 Å². The van der Waals surface area contributed by atoms with Gasteiger partial charge in [0.15, 0.2) is 0 Å². The number of rotatable bonds is 1. The summed E-state index contributed by atoms with van der Waals surface area (Å²) in [6, 6.07) is 2.25. The van der Waals surface area contributed by atoms with Crippen LogP contribution in [0.4, 0.5) is 5.82 Å². The summed E-state index contributed by atoms with van der Waals surface area (Å²) in [4.78, 5) is 0. The van der Waals surface area contributed by atoms with Gasteiger partial charge in [-0.05, 0) is 13.3 Å². The van der Waals surface area contributed by atoms with Crippen LogP contribution in [0.15, 0.2) is 0 Å². The smallest absolute Gasteiger partial charge is 0.140 e.